The summed E-state index contributed by atoms with van der Waals surface area (Å²) in [5.41, 5.74) is 1.23. The van der Waals surface area contributed by atoms with Crippen LogP contribution in [0.5, 0.6) is 5.75 Å². The maximum absolute atomic E-state index is 9.08. The molecule has 0 aliphatic rings. The third-order valence-corrected chi connectivity index (χ3v) is 2.88. The molecule has 3 aromatic rings. The van der Waals surface area contributed by atoms with Crippen molar-refractivity contribution in [2.45, 2.75) is 6.61 Å². The number of fused-ring (bicyclic) bond motifs is 1. The van der Waals surface area contributed by atoms with Crippen molar-refractivity contribution >= 4 is 22.6 Å². The quantitative estimate of drug-likeness (QED) is 0.738. The van der Waals surface area contributed by atoms with Crippen LogP contribution in [0.25, 0.3) is 11.0 Å². The lowest BCUT2D eigenvalue weighted by Gasteiger charge is -2.03. The molecule has 0 radical (unpaired) electrons. The van der Waals surface area contributed by atoms with E-state index in [-0.39, 0.29) is 12.4 Å². The molecule has 0 saturated carbocycles. The summed E-state index contributed by atoms with van der Waals surface area (Å²) in [5, 5.41) is 10.2. The zero-order chi connectivity index (χ0) is 13.9. The smallest absolute Gasteiger partial charge is 0.246 e. The van der Waals surface area contributed by atoms with Crippen LogP contribution >= 0.6 is 11.6 Å². The summed E-state index contributed by atoms with van der Waals surface area (Å²) in [7, 11) is 0. The Hall–Kier alpha value is -2.58. The largest absolute Gasteiger partial charge is 0.482 e. The van der Waals surface area contributed by atoms with E-state index < -0.39 is 0 Å². The van der Waals surface area contributed by atoms with Gasteiger partial charge in [-0.25, -0.2) is 4.98 Å². The van der Waals surface area contributed by atoms with Crippen molar-refractivity contribution in [2.75, 3.05) is 0 Å². The second kappa shape index (κ2) is 5.19. The number of nitrogens with zero attached hydrogens (tertiary/aromatic N) is 3. The van der Waals surface area contributed by atoms with Gasteiger partial charge in [-0.3, -0.25) is 4.98 Å². The Bertz CT molecular complexity index is 790. The lowest BCUT2D eigenvalue weighted by molar-refractivity contribution is 0.298. The van der Waals surface area contributed by atoms with Crippen LogP contribution in [0.3, 0.4) is 0 Å². The minimum absolute atomic E-state index is 0.146. The van der Waals surface area contributed by atoms with Crippen molar-refractivity contribution in [1.29, 1.82) is 5.26 Å². The minimum atomic E-state index is 0.146. The first-order chi connectivity index (χ1) is 9.78. The molecule has 98 valence electrons. The Morgan fingerprint density at radius 2 is 2.10 bits per heavy atom. The average Bonchev–Trinajstić information content (AvgIpc) is 2.84. The van der Waals surface area contributed by atoms with E-state index in [2.05, 4.69) is 9.97 Å². The Labute approximate surface area is 119 Å². The molecule has 6 heteroatoms. The standard InChI is InChI=1S/C14H8ClN3O2/c15-13-7-17-9(6-18-13)8-19-14-10-3-1-2-4-11(10)20-12(14)5-16/h1-4,6-7H,8H2. The third-order valence-electron chi connectivity index (χ3n) is 2.69. The molecule has 0 unspecified atom stereocenters. The van der Waals surface area contributed by atoms with E-state index in [9.17, 15) is 0 Å². The van der Waals surface area contributed by atoms with Crippen molar-refractivity contribution in [3.63, 3.8) is 0 Å². The van der Waals surface area contributed by atoms with E-state index in [1.165, 1.54) is 12.4 Å². The number of furan rings is 1. The van der Waals surface area contributed by atoms with E-state index >= 15 is 0 Å². The number of ether oxygens (including phenoxy) is 1. The van der Waals surface area contributed by atoms with E-state index in [1.54, 1.807) is 6.07 Å². The Kier molecular flexibility index (Phi) is 3.23. The van der Waals surface area contributed by atoms with Gasteiger partial charge in [0.2, 0.25) is 5.76 Å². The highest BCUT2D eigenvalue weighted by atomic mass is 35.5. The highest BCUT2D eigenvalue weighted by molar-refractivity contribution is 6.29. The van der Waals surface area contributed by atoms with Gasteiger partial charge in [-0.05, 0) is 12.1 Å². The summed E-state index contributed by atoms with van der Waals surface area (Å²) in [4.78, 5) is 8.00. The lowest BCUT2D eigenvalue weighted by Crippen LogP contribution is -1.99. The first-order valence-corrected chi connectivity index (χ1v) is 6.16. The van der Waals surface area contributed by atoms with Crippen LogP contribution < -0.4 is 4.74 Å². The van der Waals surface area contributed by atoms with Crippen LogP contribution in [0.4, 0.5) is 0 Å². The van der Waals surface area contributed by atoms with Gasteiger partial charge in [0.25, 0.3) is 0 Å². The summed E-state index contributed by atoms with van der Waals surface area (Å²) in [6.07, 6.45) is 2.97. The predicted octanol–water partition coefficient (Wildman–Crippen LogP) is 3.33. The fourth-order valence-electron chi connectivity index (χ4n) is 1.80. The van der Waals surface area contributed by atoms with Crippen molar-refractivity contribution in [1.82, 2.24) is 9.97 Å². The van der Waals surface area contributed by atoms with Crippen LogP contribution in [0.2, 0.25) is 5.15 Å². The fourth-order valence-corrected chi connectivity index (χ4v) is 1.90. The van der Waals surface area contributed by atoms with E-state index in [0.717, 1.165) is 5.39 Å². The summed E-state index contributed by atoms with van der Waals surface area (Å²) in [5.74, 6) is 0.563. The summed E-state index contributed by atoms with van der Waals surface area (Å²) < 4.78 is 11.1. The molecule has 0 spiro atoms. The fraction of sp³-hybridized carbons (Fsp3) is 0.0714. The van der Waals surface area contributed by atoms with Crippen LogP contribution in [0.15, 0.2) is 41.1 Å². The molecule has 0 saturated heterocycles. The first kappa shape index (κ1) is 12.5. The maximum Gasteiger partial charge on any atom is 0.246 e. The molecule has 0 atom stereocenters. The number of halogens is 1. The summed E-state index contributed by atoms with van der Waals surface area (Å²) in [6.45, 7) is 0.183. The highest BCUT2D eigenvalue weighted by Gasteiger charge is 2.15. The molecule has 20 heavy (non-hydrogen) atoms. The van der Waals surface area contributed by atoms with Crippen molar-refractivity contribution < 1.29 is 9.15 Å². The molecule has 0 aliphatic heterocycles. The molecule has 0 amide bonds. The zero-order valence-corrected chi connectivity index (χ0v) is 11.0. The Balaban J connectivity index is 1.90. The summed E-state index contributed by atoms with van der Waals surface area (Å²) in [6, 6.07) is 9.29. The average molecular weight is 286 g/mol. The number of rotatable bonds is 3. The second-order valence-corrected chi connectivity index (χ2v) is 4.37. The van der Waals surface area contributed by atoms with E-state index in [0.29, 0.717) is 22.2 Å². The van der Waals surface area contributed by atoms with Crippen LogP contribution in [0, 0.1) is 11.3 Å². The molecule has 2 aromatic heterocycles. The normalized spacial score (nSPS) is 10.4. The van der Waals surface area contributed by atoms with Gasteiger partial charge in [-0.2, -0.15) is 5.26 Å². The molecule has 2 heterocycles. The van der Waals surface area contributed by atoms with Crippen molar-refractivity contribution in [3.8, 4) is 11.8 Å². The molecular weight excluding hydrogens is 278 g/mol. The Morgan fingerprint density at radius 3 is 2.85 bits per heavy atom. The monoisotopic (exact) mass is 285 g/mol. The topological polar surface area (TPSA) is 71.9 Å². The maximum atomic E-state index is 9.08. The molecule has 0 aliphatic carbocycles. The number of hydrogen-bond donors (Lipinski definition) is 0. The molecular formula is C14H8ClN3O2. The number of hydrogen-bond acceptors (Lipinski definition) is 5. The molecule has 5 nitrogen and oxygen atoms in total. The van der Waals surface area contributed by atoms with Gasteiger partial charge < -0.3 is 9.15 Å². The van der Waals surface area contributed by atoms with E-state index in [4.69, 9.17) is 26.0 Å². The predicted molar refractivity (Wildman–Crippen MR) is 72.3 cm³/mol. The minimum Gasteiger partial charge on any atom is -0.482 e. The van der Waals surface area contributed by atoms with Crippen molar-refractivity contribution in [2.24, 2.45) is 0 Å². The van der Waals surface area contributed by atoms with Gasteiger partial charge in [-0.1, -0.05) is 23.7 Å². The van der Waals surface area contributed by atoms with Gasteiger partial charge in [0.05, 0.1) is 23.5 Å². The zero-order valence-electron chi connectivity index (χ0n) is 10.2. The van der Waals surface area contributed by atoms with Crippen LogP contribution in [-0.4, -0.2) is 9.97 Å². The molecule has 0 N–H and O–H groups in total. The second-order valence-electron chi connectivity index (χ2n) is 3.99. The van der Waals surface area contributed by atoms with Gasteiger partial charge in [0, 0.05) is 0 Å². The molecule has 1 aromatic carbocycles. The van der Waals surface area contributed by atoms with Gasteiger partial charge >= 0.3 is 0 Å². The number of benzene rings is 1. The third kappa shape index (κ3) is 2.29. The van der Waals surface area contributed by atoms with Gasteiger partial charge in [0.1, 0.15) is 23.4 Å². The molecule has 3 rings (SSSR count). The lowest BCUT2D eigenvalue weighted by atomic mass is 10.2. The number of para-hydroxylation sites is 1. The molecule has 0 fully saturated rings. The van der Waals surface area contributed by atoms with Crippen LogP contribution in [0.1, 0.15) is 11.5 Å². The number of nitriles is 1. The van der Waals surface area contributed by atoms with E-state index in [1.807, 2.05) is 24.3 Å². The SMILES string of the molecule is N#Cc1oc2ccccc2c1OCc1cnc(Cl)cn1. The summed E-state index contributed by atoms with van der Waals surface area (Å²) >= 11 is 5.66. The molecule has 0 bridgehead atoms. The highest BCUT2D eigenvalue weighted by Crippen LogP contribution is 2.32. The Morgan fingerprint density at radius 1 is 1.25 bits per heavy atom. The van der Waals surface area contributed by atoms with Crippen molar-refractivity contribution in [3.05, 3.63) is 53.3 Å². The van der Waals surface area contributed by atoms with Crippen LogP contribution in [-0.2, 0) is 6.61 Å². The number of aromatic nitrogens is 2. The van der Waals surface area contributed by atoms with Gasteiger partial charge in [-0.15, -0.1) is 0 Å². The first-order valence-electron chi connectivity index (χ1n) is 5.79. The van der Waals surface area contributed by atoms with Gasteiger partial charge in [0.15, 0.2) is 5.75 Å².